The van der Waals surface area contributed by atoms with Crippen LogP contribution in [0.25, 0.3) is 0 Å². The third kappa shape index (κ3) is 0.807. The van der Waals surface area contributed by atoms with E-state index in [2.05, 4.69) is 20.8 Å². The molecule has 0 aliphatic heterocycles. The Balaban J connectivity index is 2.17. The zero-order valence-corrected chi connectivity index (χ0v) is 7.80. The Labute approximate surface area is 69.4 Å². The maximum Gasteiger partial charge on any atom is 0.00702 e. The summed E-state index contributed by atoms with van der Waals surface area (Å²) in [5, 5.41) is 0. The minimum absolute atomic E-state index is 0.492. The first-order valence-electron chi connectivity index (χ1n) is 4.79. The highest BCUT2D eigenvalue weighted by molar-refractivity contribution is 5.06. The molecule has 3 rings (SSSR count). The average Bonchev–Trinajstić information content (AvgIpc) is 1.93. The minimum Gasteiger partial charge on any atom is -0.327 e. The van der Waals surface area contributed by atoms with E-state index in [-0.39, 0.29) is 0 Å². The molecule has 0 heterocycles. The first kappa shape index (κ1) is 7.60. The predicted molar refractivity (Wildman–Crippen MR) is 47.1 cm³/mol. The van der Waals surface area contributed by atoms with Gasteiger partial charge in [0.25, 0.3) is 0 Å². The molecule has 4 atom stereocenters. The van der Waals surface area contributed by atoms with Crippen molar-refractivity contribution >= 4 is 0 Å². The molecule has 0 aromatic heterocycles. The van der Waals surface area contributed by atoms with Gasteiger partial charge in [0.1, 0.15) is 0 Å². The van der Waals surface area contributed by atoms with Gasteiger partial charge in [-0.15, -0.1) is 0 Å². The second-order valence-corrected chi connectivity index (χ2v) is 5.12. The zero-order chi connectivity index (χ0) is 8.22. The molecule has 1 heteroatoms. The fraction of sp³-hybridized carbons (Fsp3) is 1.00. The van der Waals surface area contributed by atoms with Crippen molar-refractivity contribution in [2.45, 2.75) is 39.7 Å². The monoisotopic (exact) mass is 153 g/mol. The molecule has 0 aromatic carbocycles. The Hall–Kier alpha value is -0.0400. The molecule has 3 aliphatic rings. The third-order valence-corrected chi connectivity index (χ3v) is 4.41. The van der Waals surface area contributed by atoms with Gasteiger partial charge in [-0.05, 0) is 36.0 Å². The van der Waals surface area contributed by atoms with Crippen molar-refractivity contribution < 1.29 is 0 Å². The van der Waals surface area contributed by atoms with Crippen LogP contribution in [0, 0.1) is 23.2 Å². The summed E-state index contributed by atoms with van der Waals surface area (Å²) < 4.78 is 0. The van der Waals surface area contributed by atoms with Crippen LogP contribution in [-0.2, 0) is 0 Å². The van der Waals surface area contributed by atoms with E-state index in [9.17, 15) is 0 Å². The molecule has 0 amide bonds. The molecule has 1 nitrogen and oxygen atoms in total. The van der Waals surface area contributed by atoms with E-state index in [1.54, 1.807) is 0 Å². The smallest absolute Gasteiger partial charge is 0.00702 e. The third-order valence-electron chi connectivity index (χ3n) is 4.41. The quantitative estimate of drug-likeness (QED) is 0.566. The van der Waals surface area contributed by atoms with Crippen LogP contribution < -0.4 is 5.73 Å². The fourth-order valence-corrected chi connectivity index (χ4v) is 3.19. The summed E-state index contributed by atoms with van der Waals surface area (Å²) in [6, 6.07) is 0.492. The van der Waals surface area contributed by atoms with E-state index in [0.29, 0.717) is 11.5 Å². The molecular weight excluding hydrogens is 134 g/mol. The number of hydrogen-bond donors (Lipinski definition) is 1. The summed E-state index contributed by atoms with van der Waals surface area (Å²) in [6.45, 7) is 7.15. The molecule has 3 aliphatic carbocycles. The Morgan fingerprint density at radius 3 is 2.27 bits per heavy atom. The van der Waals surface area contributed by atoms with Crippen LogP contribution >= 0.6 is 0 Å². The van der Waals surface area contributed by atoms with Crippen LogP contribution in [0.1, 0.15) is 33.6 Å². The van der Waals surface area contributed by atoms with Crippen LogP contribution in [0.3, 0.4) is 0 Å². The van der Waals surface area contributed by atoms with Gasteiger partial charge >= 0.3 is 0 Å². The maximum absolute atomic E-state index is 6.02. The SMILES string of the molecule is CC1C2C[C@@H](C[C@@H]1N)C2(C)C. The average molecular weight is 153 g/mol. The van der Waals surface area contributed by atoms with E-state index >= 15 is 0 Å². The molecule has 2 unspecified atom stereocenters. The lowest BCUT2D eigenvalue weighted by molar-refractivity contribution is -0.108. The van der Waals surface area contributed by atoms with Crippen molar-refractivity contribution in [3.05, 3.63) is 0 Å². The van der Waals surface area contributed by atoms with Crippen LogP contribution in [0.5, 0.6) is 0 Å². The highest BCUT2D eigenvalue weighted by Crippen LogP contribution is 2.60. The molecule has 64 valence electrons. The number of nitrogens with two attached hydrogens (primary N) is 1. The summed E-state index contributed by atoms with van der Waals surface area (Å²) in [4.78, 5) is 0. The molecule has 0 aromatic rings. The molecular formula is C10H19N. The second-order valence-electron chi connectivity index (χ2n) is 5.12. The molecule has 0 spiro atoms. The van der Waals surface area contributed by atoms with E-state index in [1.165, 1.54) is 12.8 Å². The zero-order valence-electron chi connectivity index (χ0n) is 7.80. The lowest BCUT2D eigenvalue weighted by Crippen LogP contribution is -2.58. The largest absolute Gasteiger partial charge is 0.327 e. The standard InChI is InChI=1S/C10H19N/c1-6-8-4-7(5-9(6)11)10(8,2)3/h6-9H,4-5,11H2,1-3H3/t6?,7-,8?,9-/m0/s1. The van der Waals surface area contributed by atoms with E-state index < -0.39 is 0 Å². The Morgan fingerprint density at radius 1 is 1.27 bits per heavy atom. The van der Waals surface area contributed by atoms with Gasteiger partial charge in [-0.2, -0.15) is 0 Å². The molecule has 2 bridgehead atoms. The molecule has 3 saturated carbocycles. The van der Waals surface area contributed by atoms with Gasteiger partial charge in [0.05, 0.1) is 0 Å². The summed E-state index contributed by atoms with van der Waals surface area (Å²) in [6.07, 6.45) is 2.71. The topological polar surface area (TPSA) is 26.0 Å². The summed E-state index contributed by atoms with van der Waals surface area (Å²) in [5.41, 5.74) is 6.63. The molecule has 3 fully saturated rings. The molecule has 0 radical (unpaired) electrons. The Morgan fingerprint density at radius 2 is 1.91 bits per heavy atom. The van der Waals surface area contributed by atoms with Crippen molar-refractivity contribution in [2.24, 2.45) is 28.9 Å². The van der Waals surface area contributed by atoms with Crippen molar-refractivity contribution in [3.63, 3.8) is 0 Å². The number of hydrogen-bond acceptors (Lipinski definition) is 1. The summed E-state index contributed by atoms with van der Waals surface area (Å²) >= 11 is 0. The van der Waals surface area contributed by atoms with Gasteiger partial charge in [-0.25, -0.2) is 0 Å². The van der Waals surface area contributed by atoms with Crippen molar-refractivity contribution in [3.8, 4) is 0 Å². The van der Waals surface area contributed by atoms with Crippen LogP contribution in [-0.4, -0.2) is 6.04 Å². The van der Waals surface area contributed by atoms with Crippen LogP contribution in [0.15, 0.2) is 0 Å². The summed E-state index contributed by atoms with van der Waals surface area (Å²) in [5.74, 6) is 2.60. The fourth-order valence-electron chi connectivity index (χ4n) is 3.19. The first-order chi connectivity index (χ1) is 5.03. The van der Waals surface area contributed by atoms with Crippen LogP contribution in [0.4, 0.5) is 0 Å². The highest BCUT2D eigenvalue weighted by Gasteiger charge is 2.55. The predicted octanol–water partition coefficient (Wildman–Crippen LogP) is 2.02. The molecule has 0 saturated heterocycles. The summed E-state index contributed by atoms with van der Waals surface area (Å²) in [7, 11) is 0. The van der Waals surface area contributed by atoms with E-state index in [0.717, 1.165) is 17.8 Å². The lowest BCUT2D eigenvalue weighted by Gasteiger charge is -2.61. The van der Waals surface area contributed by atoms with E-state index in [4.69, 9.17) is 5.73 Å². The van der Waals surface area contributed by atoms with Gasteiger partial charge in [-0.3, -0.25) is 0 Å². The second kappa shape index (κ2) is 2.01. The van der Waals surface area contributed by atoms with Crippen molar-refractivity contribution in [1.82, 2.24) is 0 Å². The number of fused-ring (bicyclic) bond motifs is 2. The minimum atomic E-state index is 0.492. The Kier molecular flexibility index (Phi) is 1.39. The highest BCUT2D eigenvalue weighted by atomic mass is 14.7. The number of rotatable bonds is 0. The van der Waals surface area contributed by atoms with Gasteiger partial charge in [0.15, 0.2) is 0 Å². The molecule has 2 N–H and O–H groups in total. The van der Waals surface area contributed by atoms with Gasteiger partial charge in [0, 0.05) is 6.04 Å². The molecule has 11 heavy (non-hydrogen) atoms. The van der Waals surface area contributed by atoms with Crippen molar-refractivity contribution in [2.75, 3.05) is 0 Å². The van der Waals surface area contributed by atoms with Crippen LogP contribution in [0.2, 0.25) is 0 Å². The van der Waals surface area contributed by atoms with Gasteiger partial charge in [-0.1, -0.05) is 20.8 Å². The van der Waals surface area contributed by atoms with E-state index in [1.807, 2.05) is 0 Å². The maximum atomic E-state index is 6.02. The lowest BCUT2D eigenvalue weighted by atomic mass is 9.45. The van der Waals surface area contributed by atoms with Gasteiger partial charge < -0.3 is 5.73 Å². The van der Waals surface area contributed by atoms with Gasteiger partial charge in [0.2, 0.25) is 0 Å². The van der Waals surface area contributed by atoms with Crippen molar-refractivity contribution in [1.29, 1.82) is 0 Å². The first-order valence-corrected chi connectivity index (χ1v) is 4.79. The normalized spacial score (nSPS) is 53.5. The Bertz CT molecular complexity index is 174.